The first-order chi connectivity index (χ1) is 7.50. The maximum atomic E-state index is 13.1. The standard InChI is InChI=1S/C7H9F5O3S/c1-16-15-14-13-7-5(11)3(9)2(8)4(10)6(7)12/h2-7H,1H3. The Hall–Kier alpha value is -0.120. The van der Waals surface area contributed by atoms with Crippen molar-refractivity contribution >= 4 is 12.0 Å². The third-order valence-corrected chi connectivity index (χ3v) is 2.28. The van der Waals surface area contributed by atoms with E-state index in [1.54, 1.807) is 0 Å². The van der Waals surface area contributed by atoms with E-state index in [1.807, 2.05) is 0 Å². The fourth-order valence-corrected chi connectivity index (χ4v) is 1.35. The van der Waals surface area contributed by atoms with Crippen molar-refractivity contribution in [2.75, 3.05) is 6.26 Å². The van der Waals surface area contributed by atoms with Crippen molar-refractivity contribution < 1.29 is 36.2 Å². The molecule has 0 amide bonds. The molecule has 0 saturated heterocycles. The van der Waals surface area contributed by atoms with Crippen LogP contribution in [0.25, 0.3) is 0 Å². The Morgan fingerprint density at radius 1 is 0.812 bits per heavy atom. The Morgan fingerprint density at radius 2 is 1.25 bits per heavy atom. The predicted molar refractivity (Wildman–Crippen MR) is 45.0 cm³/mol. The van der Waals surface area contributed by atoms with Crippen molar-refractivity contribution in [2.24, 2.45) is 0 Å². The minimum Gasteiger partial charge on any atom is -0.241 e. The van der Waals surface area contributed by atoms with Gasteiger partial charge in [0.25, 0.3) is 0 Å². The van der Waals surface area contributed by atoms with Gasteiger partial charge in [0.15, 0.2) is 37.0 Å². The van der Waals surface area contributed by atoms with E-state index in [0.29, 0.717) is 12.0 Å². The molecule has 0 N–H and O–H groups in total. The van der Waals surface area contributed by atoms with Gasteiger partial charge in [-0.05, 0) is 0 Å². The fraction of sp³-hybridized carbons (Fsp3) is 1.00. The first-order valence-corrected chi connectivity index (χ1v) is 5.38. The van der Waals surface area contributed by atoms with E-state index >= 15 is 0 Å². The Kier molecular flexibility index (Phi) is 5.22. The summed E-state index contributed by atoms with van der Waals surface area (Å²) in [4.78, 5) is 4.00. The van der Waals surface area contributed by atoms with Gasteiger partial charge in [-0.25, -0.2) is 22.0 Å². The average molecular weight is 268 g/mol. The molecule has 3 nitrogen and oxygen atoms in total. The zero-order valence-electron chi connectivity index (χ0n) is 7.99. The van der Waals surface area contributed by atoms with Crippen molar-refractivity contribution in [2.45, 2.75) is 37.0 Å². The summed E-state index contributed by atoms with van der Waals surface area (Å²) in [5.74, 6) is 0. The molecule has 0 spiro atoms. The Balaban J connectivity index is 2.60. The van der Waals surface area contributed by atoms with Crippen molar-refractivity contribution in [1.82, 2.24) is 0 Å². The second-order valence-electron chi connectivity index (χ2n) is 3.09. The zero-order chi connectivity index (χ0) is 12.3. The predicted octanol–water partition coefficient (Wildman–Crippen LogP) is 2.22. The summed E-state index contributed by atoms with van der Waals surface area (Å²) in [5, 5.41) is 3.82. The van der Waals surface area contributed by atoms with E-state index < -0.39 is 37.0 Å². The van der Waals surface area contributed by atoms with Gasteiger partial charge in [0.05, 0.1) is 0 Å². The molecule has 1 saturated carbocycles. The number of hydrogen-bond acceptors (Lipinski definition) is 4. The molecule has 16 heavy (non-hydrogen) atoms. The van der Waals surface area contributed by atoms with Gasteiger partial charge >= 0.3 is 0 Å². The quantitative estimate of drug-likeness (QED) is 0.257. The Bertz CT molecular complexity index is 208. The summed E-state index contributed by atoms with van der Waals surface area (Å²) in [6, 6.07) is 0. The normalized spacial score (nSPS) is 44.6. The van der Waals surface area contributed by atoms with Crippen LogP contribution in [0.5, 0.6) is 0 Å². The fourth-order valence-electron chi connectivity index (χ4n) is 1.26. The highest BCUT2D eigenvalue weighted by molar-refractivity contribution is 7.93. The Morgan fingerprint density at radius 3 is 1.69 bits per heavy atom. The first-order valence-electron chi connectivity index (χ1n) is 4.24. The van der Waals surface area contributed by atoms with Crippen LogP contribution in [0, 0.1) is 0 Å². The van der Waals surface area contributed by atoms with Crippen LogP contribution in [0.15, 0.2) is 0 Å². The SMILES string of the molecule is CSOOOC1C(F)C(F)C(F)C(F)C1F. The molecule has 0 aliphatic heterocycles. The minimum atomic E-state index is -2.86. The van der Waals surface area contributed by atoms with Gasteiger partial charge in [-0.3, -0.25) is 0 Å². The largest absolute Gasteiger partial charge is 0.241 e. The van der Waals surface area contributed by atoms with E-state index in [4.69, 9.17) is 0 Å². The third kappa shape index (κ3) is 2.76. The van der Waals surface area contributed by atoms with Gasteiger partial charge in [0.1, 0.15) is 0 Å². The molecule has 1 aliphatic rings. The van der Waals surface area contributed by atoms with E-state index in [0.717, 1.165) is 0 Å². The van der Waals surface area contributed by atoms with Crippen LogP contribution in [0.3, 0.4) is 0 Å². The summed E-state index contributed by atoms with van der Waals surface area (Å²) < 4.78 is 68.5. The van der Waals surface area contributed by atoms with Crippen molar-refractivity contribution in [3.05, 3.63) is 0 Å². The highest BCUT2D eigenvalue weighted by Crippen LogP contribution is 2.33. The maximum Gasteiger partial charge on any atom is 0.168 e. The molecule has 0 aromatic heterocycles. The van der Waals surface area contributed by atoms with Crippen molar-refractivity contribution in [3.8, 4) is 0 Å². The van der Waals surface area contributed by atoms with E-state index in [1.165, 1.54) is 6.26 Å². The first kappa shape index (κ1) is 13.9. The molecule has 4 atom stereocenters. The summed E-state index contributed by atoms with van der Waals surface area (Å²) in [6.45, 7) is 0. The Labute approximate surface area is 92.3 Å². The van der Waals surface area contributed by atoms with Crippen LogP contribution >= 0.6 is 12.0 Å². The van der Waals surface area contributed by atoms with Gasteiger partial charge in [-0.15, -0.1) is 4.33 Å². The lowest BCUT2D eigenvalue weighted by molar-refractivity contribution is -0.490. The summed E-state index contributed by atoms with van der Waals surface area (Å²) in [6.07, 6.45) is -14.6. The van der Waals surface area contributed by atoms with Gasteiger partial charge in [-0.1, -0.05) is 5.04 Å². The summed E-state index contributed by atoms with van der Waals surface area (Å²) >= 11 is 0.641. The summed E-state index contributed by atoms with van der Waals surface area (Å²) in [5.41, 5.74) is 0. The number of halogens is 5. The molecule has 0 aromatic rings. The van der Waals surface area contributed by atoms with Crippen LogP contribution in [-0.4, -0.2) is 43.2 Å². The third-order valence-electron chi connectivity index (χ3n) is 2.09. The molecule has 9 heteroatoms. The van der Waals surface area contributed by atoms with E-state index in [2.05, 4.69) is 14.3 Å². The van der Waals surface area contributed by atoms with E-state index in [9.17, 15) is 22.0 Å². The molecule has 1 fully saturated rings. The second-order valence-corrected chi connectivity index (χ2v) is 3.56. The second kappa shape index (κ2) is 5.99. The minimum absolute atomic E-state index is 0.641. The molecule has 0 bridgehead atoms. The molecular formula is C7H9F5O3S. The van der Waals surface area contributed by atoms with Gasteiger partial charge in [-0.2, -0.15) is 4.89 Å². The number of rotatable bonds is 4. The van der Waals surface area contributed by atoms with Gasteiger partial charge in [0.2, 0.25) is 0 Å². The average Bonchev–Trinajstić information content (AvgIpc) is 2.28. The lowest BCUT2D eigenvalue weighted by atomic mass is 9.89. The molecule has 1 rings (SSSR count). The molecule has 0 aromatic carbocycles. The molecule has 4 unspecified atom stereocenters. The highest BCUT2D eigenvalue weighted by atomic mass is 32.2. The molecule has 96 valence electrons. The topological polar surface area (TPSA) is 27.7 Å². The van der Waals surface area contributed by atoms with Crippen LogP contribution < -0.4 is 0 Å². The van der Waals surface area contributed by atoms with Crippen molar-refractivity contribution in [3.63, 3.8) is 0 Å². The van der Waals surface area contributed by atoms with Crippen LogP contribution in [0.4, 0.5) is 22.0 Å². The van der Waals surface area contributed by atoms with Crippen LogP contribution in [-0.2, 0) is 14.3 Å². The maximum absolute atomic E-state index is 13.1. The van der Waals surface area contributed by atoms with Gasteiger partial charge in [0, 0.05) is 18.3 Å². The number of hydrogen-bond donors (Lipinski definition) is 0. The highest BCUT2D eigenvalue weighted by Gasteiger charge is 2.55. The van der Waals surface area contributed by atoms with Gasteiger partial charge < -0.3 is 0 Å². The van der Waals surface area contributed by atoms with Crippen molar-refractivity contribution in [1.29, 1.82) is 0 Å². The number of alkyl halides is 5. The lowest BCUT2D eigenvalue weighted by Gasteiger charge is -2.34. The molecular weight excluding hydrogens is 259 g/mol. The smallest absolute Gasteiger partial charge is 0.168 e. The van der Waals surface area contributed by atoms with Crippen LogP contribution in [0.1, 0.15) is 0 Å². The summed E-state index contributed by atoms with van der Waals surface area (Å²) in [7, 11) is 0. The van der Waals surface area contributed by atoms with Crippen LogP contribution in [0.2, 0.25) is 0 Å². The molecule has 1 aliphatic carbocycles. The molecule has 0 radical (unpaired) electrons. The molecule has 0 heterocycles. The lowest BCUT2D eigenvalue weighted by Crippen LogP contribution is -2.57. The van der Waals surface area contributed by atoms with E-state index in [-0.39, 0.29) is 0 Å². The monoisotopic (exact) mass is 268 g/mol. The zero-order valence-corrected chi connectivity index (χ0v) is 8.80.